The van der Waals surface area contributed by atoms with Gasteiger partial charge in [-0.25, -0.2) is 0 Å². The molecule has 1 radical (unpaired) electrons. The third-order valence-corrected chi connectivity index (χ3v) is 4.06. The summed E-state index contributed by atoms with van der Waals surface area (Å²) in [6.07, 6.45) is 7.91. The van der Waals surface area contributed by atoms with Crippen molar-refractivity contribution in [3.05, 3.63) is 46.6 Å². The van der Waals surface area contributed by atoms with Crippen LogP contribution in [0.25, 0.3) is 11.1 Å². The molecule has 0 N–H and O–H groups in total. The van der Waals surface area contributed by atoms with E-state index in [9.17, 15) is 0 Å². The standard InChI is InChI=1S/C15H15BrNO/c16-13-7-5-12(6-8-13)14-10-18-17-15(14)9-11-3-1-2-4-11/h5-8,10H,1-4,9H2. The minimum Gasteiger partial charge on any atom is -0.364 e. The molecule has 1 aromatic heterocycles. The SMILES string of the molecule is Brc1ccc(-c2conc2C[C]2CCCC2)cc1. The maximum atomic E-state index is 5.17. The molecule has 1 saturated carbocycles. The number of hydrogen-bond donors (Lipinski definition) is 0. The molecule has 1 aliphatic rings. The average molecular weight is 305 g/mol. The van der Waals surface area contributed by atoms with Crippen LogP contribution in [0.2, 0.25) is 0 Å². The second-order valence-electron chi connectivity index (χ2n) is 4.82. The van der Waals surface area contributed by atoms with Crippen LogP contribution >= 0.6 is 15.9 Å². The fourth-order valence-corrected chi connectivity index (χ4v) is 2.80. The summed E-state index contributed by atoms with van der Waals surface area (Å²) in [5.41, 5.74) is 3.38. The van der Waals surface area contributed by atoms with Crippen LogP contribution in [0.1, 0.15) is 31.4 Å². The summed E-state index contributed by atoms with van der Waals surface area (Å²) in [5.74, 6) is 1.61. The molecule has 0 atom stereocenters. The fraction of sp³-hybridized carbons (Fsp3) is 0.333. The van der Waals surface area contributed by atoms with Gasteiger partial charge in [0, 0.05) is 10.0 Å². The van der Waals surface area contributed by atoms with E-state index < -0.39 is 0 Å². The maximum absolute atomic E-state index is 5.17. The second-order valence-corrected chi connectivity index (χ2v) is 5.73. The van der Waals surface area contributed by atoms with Gasteiger partial charge in [0.2, 0.25) is 0 Å². The summed E-state index contributed by atoms with van der Waals surface area (Å²) in [6.45, 7) is 0. The molecule has 2 aromatic rings. The van der Waals surface area contributed by atoms with Crippen LogP contribution in [0, 0.1) is 5.92 Å². The van der Waals surface area contributed by atoms with Gasteiger partial charge in [0.05, 0.1) is 5.69 Å². The zero-order chi connectivity index (χ0) is 12.4. The zero-order valence-corrected chi connectivity index (χ0v) is 11.7. The number of rotatable bonds is 3. The van der Waals surface area contributed by atoms with Crippen molar-refractivity contribution in [2.24, 2.45) is 0 Å². The first-order chi connectivity index (χ1) is 8.83. The molecule has 1 heterocycles. The normalized spacial score (nSPS) is 16.3. The summed E-state index contributed by atoms with van der Waals surface area (Å²) in [4.78, 5) is 0. The predicted octanol–water partition coefficient (Wildman–Crippen LogP) is 4.80. The molecule has 2 nitrogen and oxygen atoms in total. The van der Waals surface area contributed by atoms with Crippen molar-refractivity contribution >= 4 is 15.9 Å². The molecule has 0 saturated heterocycles. The quantitative estimate of drug-likeness (QED) is 0.814. The number of nitrogens with zero attached hydrogens (tertiary/aromatic N) is 1. The van der Waals surface area contributed by atoms with E-state index in [1.807, 2.05) is 0 Å². The van der Waals surface area contributed by atoms with Gasteiger partial charge in [-0.3, -0.25) is 0 Å². The minimum atomic E-state index is 0.974. The third kappa shape index (κ3) is 2.51. The third-order valence-electron chi connectivity index (χ3n) is 3.53. The van der Waals surface area contributed by atoms with E-state index in [1.165, 1.54) is 31.2 Å². The molecule has 93 valence electrons. The van der Waals surface area contributed by atoms with Gasteiger partial charge in [0.15, 0.2) is 0 Å². The van der Waals surface area contributed by atoms with Crippen molar-refractivity contribution in [3.63, 3.8) is 0 Å². The number of hydrogen-bond acceptors (Lipinski definition) is 2. The van der Waals surface area contributed by atoms with Crippen molar-refractivity contribution in [2.75, 3.05) is 0 Å². The molecule has 1 fully saturated rings. The van der Waals surface area contributed by atoms with Gasteiger partial charge in [-0.1, -0.05) is 46.1 Å². The van der Waals surface area contributed by atoms with Crippen molar-refractivity contribution in [1.82, 2.24) is 5.16 Å². The Morgan fingerprint density at radius 2 is 1.83 bits per heavy atom. The number of benzene rings is 1. The van der Waals surface area contributed by atoms with Crippen LogP contribution in [-0.2, 0) is 6.42 Å². The van der Waals surface area contributed by atoms with E-state index in [-0.39, 0.29) is 0 Å². The van der Waals surface area contributed by atoms with Gasteiger partial charge < -0.3 is 4.52 Å². The highest BCUT2D eigenvalue weighted by atomic mass is 79.9. The molecule has 0 spiro atoms. The molecule has 1 aliphatic carbocycles. The average Bonchev–Trinajstić information content (AvgIpc) is 3.02. The first-order valence-electron chi connectivity index (χ1n) is 6.36. The van der Waals surface area contributed by atoms with E-state index in [1.54, 1.807) is 12.2 Å². The topological polar surface area (TPSA) is 26.0 Å². The number of halogens is 1. The smallest absolute Gasteiger partial charge is 0.131 e. The summed E-state index contributed by atoms with van der Waals surface area (Å²) in [6, 6.07) is 8.29. The molecular weight excluding hydrogens is 290 g/mol. The summed E-state index contributed by atoms with van der Waals surface area (Å²) in [5, 5.41) is 4.17. The van der Waals surface area contributed by atoms with E-state index in [0.717, 1.165) is 22.2 Å². The largest absolute Gasteiger partial charge is 0.364 e. The molecule has 18 heavy (non-hydrogen) atoms. The summed E-state index contributed by atoms with van der Waals surface area (Å²) >= 11 is 3.46. The van der Waals surface area contributed by atoms with Gasteiger partial charge in [0.25, 0.3) is 0 Å². The lowest BCUT2D eigenvalue weighted by Crippen LogP contribution is -1.98. The van der Waals surface area contributed by atoms with Crippen LogP contribution in [-0.4, -0.2) is 5.16 Å². The Bertz CT molecular complexity index is 512. The van der Waals surface area contributed by atoms with Gasteiger partial charge in [-0.15, -0.1) is 0 Å². The van der Waals surface area contributed by atoms with E-state index in [2.05, 4.69) is 45.4 Å². The van der Waals surface area contributed by atoms with Crippen LogP contribution < -0.4 is 0 Å². The van der Waals surface area contributed by atoms with Crippen LogP contribution in [0.5, 0.6) is 0 Å². The fourth-order valence-electron chi connectivity index (χ4n) is 2.54. The predicted molar refractivity (Wildman–Crippen MR) is 75.1 cm³/mol. The maximum Gasteiger partial charge on any atom is 0.131 e. The molecule has 0 amide bonds. The Morgan fingerprint density at radius 1 is 1.11 bits per heavy atom. The van der Waals surface area contributed by atoms with E-state index in [0.29, 0.717) is 0 Å². The molecule has 0 aliphatic heterocycles. The lowest BCUT2D eigenvalue weighted by atomic mass is 9.97. The first-order valence-corrected chi connectivity index (χ1v) is 7.15. The van der Waals surface area contributed by atoms with Crippen molar-refractivity contribution < 1.29 is 4.52 Å². The highest BCUT2D eigenvalue weighted by molar-refractivity contribution is 9.10. The van der Waals surface area contributed by atoms with Crippen LogP contribution in [0.15, 0.2) is 39.5 Å². The monoisotopic (exact) mass is 304 g/mol. The van der Waals surface area contributed by atoms with Gasteiger partial charge >= 0.3 is 0 Å². The Morgan fingerprint density at radius 3 is 2.56 bits per heavy atom. The highest BCUT2D eigenvalue weighted by Crippen LogP contribution is 2.33. The Hall–Kier alpha value is -1.09. The summed E-state index contributed by atoms with van der Waals surface area (Å²) < 4.78 is 6.26. The zero-order valence-electron chi connectivity index (χ0n) is 10.2. The Kier molecular flexibility index (Phi) is 3.50. The Balaban J connectivity index is 1.84. The van der Waals surface area contributed by atoms with Crippen LogP contribution in [0.4, 0.5) is 0 Å². The molecule has 1 aromatic carbocycles. The van der Waals surface area contributed by atoms with Crippen molar-refractivity contribution in [1.29, 1.82) is 0 Å². The Labute approximate surface area is 116 Å². The second kappa shape index (κ2) is 5.27. The van der Waals surface area contributed by atoms with Gasteiger partial charge in [-0.05, 0) is 42.9 Å². The molecule has 3 rings (SSSR count). The van der Waals surface area contributed by atoms with E-state index in [4.69, 9.17) is 4.52 Å². The molecular formula is C15H15BrNO. The lowest BCUT2D eigenvalue weighted by molar-refractivity contribution is 0.411. The van der Waals surface area contributed by atoms with Crippen LogP contribution in [0.3, 0.4) is 0 Å². The minimum absolute atomic E-state index is 0.974. The molecule has 0 bridgehead atoms. The van der Waals surface area contributed by atoms with Crippen molar-refractivity contribution in [3.8, 4) is 11.1 Å². The molecule has 3 heteroatoms. The van der Waals surface area contributed by atoms with E-state index >= 15 is 0 Å². The van der Waals surface area contributed by atoms with Gasteiger partial charge in [0.1, 0.15) is 6.26 Å². The van der Waals surface area contributed by atoms with Gasteiger partial charge in [-0.2, -0.15) is 0 Å². The summed E-state index contributed by atoms with van der Waals surface area (Å²) in [7, 11) is 0. The number of aromatic nitrogens is 1. The van der Waals surface area contributed by atoms with Crippen molar-refractivity contribution in [2.45, 2.75) is 32.1 Å². The highest BCUT2D eigenvalue weighted by Gasteiger charge is 2.20. The lowest BCUT2D eigenvalue weighted by Gasteiger charge is -2.07. The first kappa shape index (κ1) is 12.0. The molecule has 0 unspecified atom stereocenters.